The number of hydrogen-bond donors (Lipinski definition) is 2. The van der Waals surface area contributed by atoms with Gasteiger partial charge in [-0.25, -0.2) is 4.79 Å². The molecule has 1 rings (SSSR count). The molecule has 0 bridgehead atoms. The van der Waals surface area contributed by atoms with Crippen molar-refractivity contribution in [3.05, 3.63) is 23.8 Å². The van der Waals surface area contributed by atoms with Crippen molar-refractivity contribution in [1.82, 2.24) is 0 Å². The number of carbonyl (C=O) groups excluding carboxylic acids is 1. The summed E-state index contributed by atoms with van der Waals surface area (Å²) in [5.41, 5.74) is -0.270. The number of carboxylic acids is 1. The zero-order valence-corrected chi connectivity index (χ0v) is 9.75. The summed E-state index contributed by atoms with van der Waals surface area (Å²) in [5.74, 6) is -2.18. The average molecular weight is 277 g/mol. The minimum absolute atomic E-state index is 0.0262. The molecule has 1 amide bonds. The van der Waals surface area contributed by atoms with E-state index < -0.39 is 24.7 Å². The van der Waals surface area contributed by atoms with Gasteiger partial charge in [-0.3, -0.25) is 4.79 Å². The first kappa shape index (κ1) is 14.8. The number of rotatable bonds is 4. The number of alkyl halides is 3. The van der Waals surface area contributed by atoms with Crippen LogP contribution in [0.25, 0.3) is 0 Å². The molecule has 19 heavy (non-hydrogen) atoms. The predicted octanol–water partition coefficient (Wildman–Crippen LogP) is 2.28. The van der Waals surface area contributed by atoms with Crippen molar-refractivity contribution in [2.75, 3.05) is 11.9 Å². The molecule has 0 aliphatic rings. The molecule has 0 aliphatic carbocycles. The number of aromatic carboxylic acids is 1. The van der Waals surface area contributed by atoms with Crippen LogP contribution in [0.4, 0.5) is 18.9 Å². The molecule has 2 N–H and O–H groups in total. The summed E-state index contributed by atoms with van der Waals surface area (Å²) in [5, 5.41) is 11.0. The summed E-state index contributed by atoms with van der Waals surface area (Å²) in [7, 11) is 0. The van der Waals surface area contributed by atoms with E-state index in [0.29, 0.717) is 0 Å². The van der Waals surface area contributed by atoms with Crippen LogP contribution in [0.5, 0.6) is 5.75 Å². The number of halogens is 3. The van der Waals surface area contributed by atoms with E-state index in [1.54, 1.807) is 0 Å². The molecule has 0 aromatic heterocycles. The molecule has 0 saturated heterocycles. The summed E-state index contributed by atoms with van der Waals surface area (Å²) < 4.78 is 40.7. The summed E-state index contributed by atoms with van der Waals surface area (Å²) in [4.78, 5) is 21.6. The van der Waals surface area contributed by atoms with E-state index in [1.807, 2.05) is 0 Å². The molecule has 0 spiro atoms. The molecule has 1 aromatic carbocycles. The Bertz CT molecular complexity index is 499. The van der Waals surface area contributed by atoms with Crippen LogP contribution >= 0.6 is 0 Å². The lowest BCUT2D eigenvalue weighted by molar-refractivity contribution is -0.153. The van der Waals surface area contributed by atoms with Crippen LogP contribution in [0.15, 0.2) is 18.2 Å². The van der Waals surface area contributed by atoms with Gasteiger partial charge in [0.25, 0.3) is 0 Å². The van der Waals surface area contributed by atoms with Gasteiger partial charge in [-0.1, -0.05) is 0 Å². The number of anilines is 1. The highest BCUT2D eigenvalue weighted by Crippen LogP contribution is 2.28. The van der Waals surface area contributed by atoms with Gasteiger partial charge in [0.15, 0.2) is 6.61 Å². The Morgan fingerprint density at radius 2 is 2.00 bits per heavy atom. The maximum atomic E-state index is 12.1. The lowest BCUT2D eigenvalue weighted by atomic mass is 10.2. The third-order valence-corrected chi connectivity index (χ3v) is 1.93. The SMILES string of the molecule is CC(=O)Nc1ccc(C(=O)O)cc1OCC(F)(F)F. The van der Waals surface area contributed by atoms with Crippen LogP contribution in [-0.2, 0) is 4.79 Å². The number of benzene rings is 1. The molecular formula is C11H10F3NO4. The van der Waals surface area contributed by atoms with E-state index in [9.17, 15) is 22.8 Å². The van der Waals surface area contributed by atoms with Gasteiger partial charge in [0, 0.05) is 6.92 Å². The molecule has 0 atom stereocenters. The number of ether oxygens (including phenoxy) is 1. The molecule has 1 aromatic rings. The molecule has 0 aliphatic heterocycles. The van der Waals surface area contributed by atoms with Crippen LogP contribution in [0.1, 0.15) is 17.3 Å². The number of hydrogen-bond acceptors (Lipinski definition) is 3. The van der Waals surface area contributed by atoms with Crippen LogP contribution in [-0.4, -0.2) is 29.8 Å². The zero-order chi connectivity index (χ0) is 14.6. The van der Waals surface area contributed by atoms with E-state index in [0.717, 1.165) is 18.2 Å². The van der Waals surface area contributed by atoms with Crippen LogP contribution < -0.4 is 10.1 Å². The van der Waals surface area contributed by atoms with Crippen molar-refractivity contribution in [3.8, 4) is 5.75 Å². The number of carboxylic acid groups (broad SMARTS) is 1. The number of nitrogens with one attached hydrogen (secondary N) is 1. The minimum atomic E-state index is -4.56. The first-order valence-corrected chi connectivity index (χ1v) is 5.03. The van der Waals surface area contributed by atoms with Crippen molar-refractivity contribution in [3.63, 3.8) is 0 Å². The Morgan fingerprint density at radius 3 is 2.47 bits per heavy atom. The second-order valence-corrected chi connectivity index (χ2v) is 3.60. The second-order valence-electron chi connectivity index (χ2n) is 3.60. The summed E-state index contributed by atoms with van der Waals surface area (Å²) >= 11 is 0. The smallest absolute Gasteiger partial charge is 0.422 e. The predicted molar refractivity (Wildman–Crippen MR) is 59.3 cm³/mol. The second kappa shape index (κ2) is 5.59. The molecule has 0 unspecified atom stereocenters. The van der Waals surface area contributed by atoms with Crippen molar-refractivity contribution in [1.29, 1.82) is 0 Å². The van der Waals surface area contributed by atoms with Crippen LogP contribution in [0.2, 0.25) is 0 Å². The Labute approximate surface area is 106 Å². The van der Waals surface area contributed by atoms with Gasteiger partial charge in [0.1, 0.15) is 5.75 Å². The van der Waals surface area contributed by atoms with Crippen LogP contribution in [0, 0.1) is 0 Å². The Kier molecular flexibility index (Phi) is 4.36. The fourth-order valence-corrected chi connectivity index (χ4v) is 1.23. The summed E-state index contributed by atoms with van der Waals surface area (Å²) in [6.45, 7) is -0.415. The Balaban J connectivity index is 3.03. The van der Waals surface area contributed by atoms with Gasteiger partial charge in [-0.2, -0.15) is 13.2 Å². The maximum Gasteiger partial charge on any atom is 0.422 e. The van der Waals surface area contributed by atoms with E-state index >= 15 is 0 Å². The lowest BCUT2D eigenvalue weighted by Gasteiger charge is -2.13. The van der Waals surface area contributed by atoms with Crippen molar-refractivity contribution in [2.45, 2.75) is 13.1 Å². The molecule has 0 radical (unpaired) electrons. The fraction of sp³-hybridized carbons (Fsp3) is 0.273. The molecule has 5 nitrogen and oxygen atoms in total. The standard InChI is InChI=1S/C11H10F3NO4/c1-6(16)15-8-3-2-7(10(17)18)4-9(8)19-5-11(12,13)14/h2-4H,5H2,1H3,(H,15,16)(H,17,18). The topological polar surface area (TPSA) is 75.6 Å². The Hall–Kier alpha value is -2.25. The van der Waals surface area contributed by atoms with Crippen LogP contribution in [0.3, 0.4) is 0 Å². The van der Waals surface area contributed by atoms with Gasteiger partial charge < -0.3 is 15.2 Å². The maximum absolute atomic E-state index is 12.1. The van der Waals surface area contributed by atoms with Gasteiger partial charge in [-0.15, -0.1) is 0 Å². The van der Waals surface area contributed by atoms with E-state index in [-0.39, 0.29) is 17.0 Å². The molecule has 0 heterocycles. The van der Waals surface area contributed by atoms with Crippen molar-refractivity contribution in [2.24, 2.45) is 0 Å². The van der Waals surface area contributed by atoms with Crippen molar-refractivity contribution >= 4 is 17.6 Å². The largest absolute Gasteiger partial charge is 0.482 e. The average Bonchev–Trinajstić information content (AvgIpc) is 2.25. The normalized spacial score (nSPS) is 10.9. The molecule has 104 valence electrons. The first-order chi connectivity index (χ1) is 8.69. The number of carbonyl (C=O) groups is 2. The quantitative estimate of drug-likeness (QED) is 0.885. The van der Waals surface area contributed by atoms with Gasteiger partial charge >= 0.3 is 12.1 Å². The molecular weight excluding hydrogens is 267 g/mol. The third kappa shape index (κ3) is 4.86. The zero-order valence-electron chi connectivity index (χ0n) is 9.75. The van der Waals surface area contributed by atoms with Crippen molar-refractivity contribution < 1.29 is 32.6 Å². The number of amides is 1. The lowest BCUT2D eigenvalue weighted by Crippen LogP contribution is -2.20. The highest BCUT2D eigenvalue weighted by Gasteiger charge is 2.29. The van der Waals surface area contributed by atoms with E-state index in [2.05, 4.69) is 10.1 Å². The summed E-state index contributed by atoms with van der Waals surface area (Å²) in [6.07, 6.45) is -4.56. The van der Waals surface area contributed by atoms with Gasteiger partial charge in [0.2, 0.25) is 5.91 Å². The third-order valence-electron chi connectivity index (χ3n) is 1.93. The summed E-state index contributed by atoms with van der Waals surface area (Å²) in [6, 6.07) is 3.23. The monoisotopic (exact) mass is 277 g/mol. The molecule has 0 fully saturated rings. The Morgan fingerprint density at radius 1 is 1.37 bits per heavy atom. The molecule has 8 heteroatoms. The van der Waals surface area contributed by atoms with Gasteiger partial charge in [-0.05, 0) is 18.2 Å². The van der Waals surface area contributed by atoms with Gasteiger partial charge in [0.05, 0.1) is 11.3 Å². The highest BCUT2D eigenvalue weighted by molar-refractivity contribution is 5.93. The van der Waals surface area contributed by atoms with E-state index in [1.165, 1.54) is 6.92 Å². The van der Waals surface area contributed by atoms with E-state index in [4.69, 9.17) is 5.11 Å². The minimum Gasteiger partial charge on any atom is -0.482 e. The molecule has 0 saturated carbocycles. The highest BCUT2D eigenvalue weighted by atomic mass is 19.4. The fourth-order valence-electron chi connectivity index (χ4n) is 1.23. The first-order valence-electron chi connectivity index (χ1n) is 5.03.